The second kappa shape index (κ2) is 9.78. The number of hydrogen-bond acceptors (Lipinski definition) is 5. The summed E-state index contributed by atoms with van der Waals surface area (Å²) in [6.07, 6.45) is 1.88. The number of anilines is 1. The smallest absolute Gasteiger partial charge is 0.331 e. The van der Waals surface area contributed by atoms with Crippen LogP contribution in [0.3, 0.4) is 0 Å². The number of ether oxygens (including phenoxy) is 2. The Bertz CT molecular complexity index is 866. The van der Waals surface area contributed by atoms with E-state index in [1.807, 2.05) is 25.1 Å². The molecule has 2 rings (SSSR count). The normalized spacial score (nSPS) is 11.4. The van der Waals surface area contributed by atoms with Gasteiger partial charge in [-0.1, -0.05) is 18.2 Å². The Morgan fingerprint density at radius 2 is 1.96 bits per heavy atom. The maximum Gasteiger partial charge on any atom is 0.331 e. The molecule has 0 fully saturated rings. The lowest BCUT2D eigenvalue weighted by molar-refractivity contribution is -0.148. The molecular formula is C21H20N2O4. The van der Waals surface area contributed by atoms with E-state index in [-0.39, 0.29) is 0 Å². The van der Waals surface area contributed by atoms with Gasteiger partial charge >= 0.3 is 5.97 Å². The van der Waals surface area contributed by atoms with Gasteiger partial charge in [-0.15, -0.1) is 0 Å². The molecule has 0 bridgehead atoms. The number of nitriles is 1. The van der Waals surface area contributed by atoms with E-state index >= 15 is 0 Å². The van der Waals surface area contributed by atoms with Crippen LogP contribution in [0.15, 0.2) is 54.6 Å². The van der Waals surface area contributed by atoms with Gasteiger partial charge in [-0.05, 0) is 55.8 Å². The third-order valence-electron chi connectivity index (χ3n) is 3.52. The maximum atomic E-state index is 12.1. The van der Waals surface area contributed by atoms with E-state index in [2.05, 4.69) is 5.32 Å². The molecule has 0 radical (unpaired) electrons. The van der Waals surface area contributed by atoms with Crippen LogP contribution in [-0.2, 0) is 14.3 Å². The van der Waals surface area contributed by atoms with Crippen LogP contribution >= 0.6 is 0 Å². The summed E-state index contributed by atoms with van der Waals surface area (Å²) in [5, 5.41) is 11.5. The number of carbonyl (C=O) groups is 2. The molecule has 0 heterocycles. The summed E-state index contributed by atoms with van der Waals surface area (Å²) in [5.74, 6) is -0.354. The van der Waals surface area contributed by atoms with Crippen molar-refractivity contribution >= 4 is 23.6 Å². The Kier molecular flexibility index (Phi) is 7.15. The summed E-state index contributed by atoms with van der Waals surface area (Å²) < 4.78 is 10.4. The van der Waals surface area contributed by atoms with Gasteiger partial charge in [0.25, 0.3) is 5.91 Å². The molecule has 138 valence electrons. The van der Waals surface area contributed by atoms with Gasteiger partial charge in [0.15, 0.2) is 6.10 Å². The Labute approximate surface area is 158 Å². The van der Waals surface area contributed by atoms with Gasteiger partial charge in [0, 0.05) is 11.8 Å². The summed E-state index contributed by atoms with van der Waals surface area (Å²) in [5.41, 5.74) is 1.70. The van der Waals surface area contributed by atoms with Crippen LogP contribution in [0, 0.1) is 11.3 Å². The van der Waals surface area contributed by atoms with Crippen LogP contribution in [0.25, 0.3) is 6.08 Å². The molecule has 2 aromatic rings. The van der Waals surface area contributed by atoms with E-state index in [0.29, 0.717) is 17.9 Å². The van der Waals surface area contributed by atoms with E-state index in [4.69, 9.17) is 14.7 Å². The van der Waals surface area contributed by atoms with Crippen molar-refractivity contribution < 1.29 is 19.1 Å². The summed E-state index contributed by atoms with van der Waals surface area (Å²) in [7, 11) is 0. The molecule has 6 heteroatoms. The molecule has 0 saturated heterocycles. The van der Waals surface area contributed by atoms with Crippen LogP contribution < -0.4 is 10.1 Å². The number of hydrogen-bond donors (Lipinski definition) is 1. The van der Waals surface area contributed by atoms with E-state index in [9.17, 15) is 9.59 Å². The van der Waals surface area contributed by atoms with Gasteiger partial charge in [0.2, 0.25) is 0 Å². The highest BCUT2D eigenvalue weighted by Crippen LogP contribution is 2.13. The highest BCUT2D eigenvalue weighted by Gasteiger charge is 2.16. The largest absolute Gasteiger partial charge is 0.494 e. The lowest BCUT2D eigenvalue weighted by atomic mass is 10.2. The van der Waals surface area contributed by atoms with Crippen molar-refractivity contribution in [3.05, 3.63) is 65.7 Å². The SMILES string of the molecule is CCOc1ccc(/C=C/C(=O)O[C@H](C)C(=O)Nc2cccc(C#N)c2)cc1. The number of esters is 1. The molecule has 0 aliphatic rings. The fourth-order valence-corrected chi connectivity index (χ4v) is 2.18. The molecule has 0 aromatic heterocycles. The van der Waals surface area contributed by atoms with E-state index in [1.165, 1.54) is 19.1 Å². The molecule has 0 aliphatic carbocycles. The molecule has 1 N–H and O–H groups in total. The van der Waals surface area contributed by atoms with Crippen LogP contribution in [0.5, 0.6) is 5.75 Å². The molecule has 1 amide bonds. The lowest BCUT2D eigenvalue weighted by Crippen LogP contribution is -2.29. The molecule has 6 nitrogen and oxygen atoms in total. The van der Waals surface area contributed by atoms with Gasteiger partial charge in [0.1, 0.15) is 5.75 Å². The quantitative estimate of drug-likeness (QED) is 0.600. The van der Waals surface area contributed by atoms with Crippen molar-refractivity contribution in [2.75, 3.05) is 11.9 Å². The molecule has 2 aromatic carbocycles. The topological polar surface area (TPSA) is 88.4 Å². The Hall–Kier alpha value is -3.59. The third-order valence-corrected chi connectivity index (χ3v) is 3.52. The van der Waals surface area contributed by atoms with E-state index in [1.54, 1.807) is 36.4 Å². The summed E-state index contributed by atoms with van der Waals surface area (Å²) in [4.78, 5) is 24.0. The van der Waals surface area contributed by atoms with Gasteiger partial charge in [-0.2, -0.15) is 5.26 Å². The standard InChI is InChI=1S/C21H20N2O4/c1-3-26-19-10-7-16(8-11-19)9-12-20(24)27-15(2)21(25)23-18-6-4-5-17(13-18)14-22/h4-13,15H,3H2,1-2H3,(H,23,25)/b12-9+/t15-/m1/s1. The molecular weight excluding hydrogens is 344 g/mol. The fourth-order valence-electron chi connectivity index (χ4n) is 2.18. The van der Waals surface area contributed by atoms with Crippen molar-refractivity contribution in [2.24, 2.45) is 0 Å². The number of nitrogens with one attached hydrogen (secondary N) is 1. The number of nitrogens with zero attached hydrogens (tertiary/aromatic N) is 1. The minimum atomic E-state index is -0.978. The zero-order valence-corrected chi connectivity index (χ0v) is 15.1. The van der Waals surface area contributed by atoms with Crippen LogP contribution in [0.4, 0.5) is 5.69 Å². The van der Waals surface area contributed by atoms with Crippen LogP contribution in [0.2, 0.25) is 0 Å². The van der Waals surface area contributed by atoms with E-state index < -0.39 is 18.0 Å². The van der Waals surface area contributed by atoms with Crippen LogP contribution in [-0.4, -0.2) is 24.6 Å². The Morgan fingerprint density at radius 1 is 1.22 bits per heavy atom. The minimum absolute atomic E-state index is 0.427. The van der Waals surface area contributed by atoms with Gasteiger partial charge < -0.3 is 14.8 Å². The molecule has 0 unspecified atom stereocenters. The third kappa shape index (κ3) is 6.33. The molecule has 0 spiro atoms. The second-order valence-electron chi connectivity index (χ2n) is 5.60. The first kappa shape index (κ1) is 19.7. The molecule has 27 heavy (non-hydrogen) atoms. The van der Waals surface area contributed by atoms with Crippen molar-refractivity contribution in [2.45, 2.75) is 20.0 Å². The van der Waals surface area contributed by atoms with Crippen molar-refractivity contribution in [3.8, 4) is 11.8 Å². The first-order chi connectivity index (χ1) is 13.0. The average molecular weight is 364 g/mol. The predicted molar refractivity (Wildman–Crippen MR) is 102 cm³/mol. The Morgan fingerprint density at radius 3 is 2.63 bits per heavy atom. The number of carbonyl (C=O) groups excluding carboxylic acids is 2. The number of benzene rings is 2. The zero-order valence-electron chi connectivity index (χ0n) is 15.1. The first-order valence-corrected chi connectivity index (χ1v) is 8.44. The highest BCUT2D eigenvalue weighted by atomic mass is 16.5. The summed E-state index contributed by atoms with van der Waals surface area (Å²) in [6, 6.07) is 15.7. The number of amides is 1. The van der Waals surface area contributed by atoms with Crippen molar-refractivity contribution in [1.29, 1.82) is 5.26 Å². The summed E-state index contributed by atoms with van der Waals surface area (Å²) in [6.45, 7) is 3.97. The maximum absolute atomic E-state index is 12.1. The average Bonchev–Trinajstić information content (AvgIpc) is 2.67. The predicted octanol–water partition coefficient (Wildman–Crippen LogP) is 3.54. The minimum Gasteiger partial charge on any atom is -0.494 e. The number of rotatable bonds is 7. The monoisotopic (exact) mass is 364 g/mol. The Balaban J connectivity index is 1.88. The van der Waals surface area contributed by atoms with Gasteiger partial charge in [-0.25, -0.2) is 4.79 Å². The molecule has 0 aliphatic heterocycles. The highest BCUT2D eigenvalue weighted by molar-refractivity contribution is 5.96. The van der Waals surface area contributed by atoms with Gasteiger partial charge in [0.05, 0.1) is 18.2 Å². The van der Waals surface area contributed by atoms with E-state index in [0.717, 1.165) is 11.3 Å². The zero-order chi connectivity index (χ0) is 19.6. The first-order valence-electron chi connectivity index (χ1n) is 8.44. The van der Waals surface area contributed by atoms with Crippen molar-refractivity contribution in [3.63, 3.8) is 0 Å². The molecule has 0 saturated carbocycles. The van der Waals surface area contributed by atoms with Gasteiger partial charge in [-0.3, -0.25) is 4.79 Å². The second-order valence-corrected chi connectivity index (χ2v) is 5.60. The summed E-state index contributed by atoms with van der Waals surface area (Å²) >= 11 is 0. The van der Waals surface area contributed by atoms with Crippen LogP contribution in [0.1, 0.15) is 25.0 Å². The lowest BCUT2D eigenvalue weighted by Gasteiger charge is -2.12. The fraction of sp³-hybridized carbons (Fsp3) is 0.190. The molecule has 1 atom stereocenters. The van der Waals surface area contributed by atoms with Crippen molar-refractivity contribution in [1.82, 2.24) is 0 Å².